The van der Waals surface area contributed by atoms with Crippen LogP contribution in [0.4, 0.5) is 4.39 Å². The first-order valence-corrected chi connectivity index (χ1v) is 5.83. The number of fused-ring (bicyclic) bond motifs is 1. The molecule has 0 amide bonds. The van der Waals surface area contributed by atoms with Gasteiger partial charge in [0.25, 0.3) is 0 Å². The van der Waals surface area contributed by atoms with Gasteiger partial charge in [-0.1, -0.05) is 26.0 Å². The van der Waals surface area contributed by atoms with Crippen molar-refractivity contribution >= 4 is 27.4 Å². The summed E-state index contributed by atoms with van der Waals surface area (Å²) in [7, 11) is 0. The molecule has 0 aliphatic carbocycles. The summed E-state index contributed by atoms with van der Waals surface area (Å²) in [5.41, 5.74) is 0.538. The van der Waals surface area contributed by atoms with Crippen LogP contribution in [0.1, 0.15) is 29.1 Å². The summed E-state index contributed by atoms with van der Waals surface area (Å²) in [6.07, 6.45) is 0. The van der Waals surface area contributed by atoms with Crippen molar-refractivity contribution in [2.45, 2.75) is 20.8 Å². The topological polar surface area (TPSA) is 37.3 Å². The van der Waals surface area contributed by atoms with E-state index in [1.165, 1.54) is 6.07 Å². The fourth-order valence-electron chi connectivity index (χ4n) is 1.27. The second kappa shape index (κ2) is 5.07. The summed E-state index contributed by atoms with van der Waals surface area (Å²) in [6, 6.07) is 4.87. The third-order valence-corrected chi connectivity index (χ3v) is 3.16. The van der Waals surface area contributed by atoms with E-state index >= 15 is 0 Å². The summed E-state index contributed by atoms with van der Waals surface area (Å²) >= 11 is 0.972. The second-order valence-electron chi connectivity index (χ2n) is 3.03. The zero-order chi connectivity index (χ0) is 12.3. The van der Waals surface area contributed by atoms with Crippen LogP contribution < -0.4 is 0 Å². The average Bonchev–Trinajstić information content (AvgIpc) is 2.71. The van der Waals surface area contributed by atoms with Gasteiger partial charge in [0.15, 0.2) is 0 Å². The van der Waals surface area contributed by atoms with Gasteiger partial charge >= 0.3 is 5.97 Å². The third kappa shape index (κ3) is 2.22. The molecule has 0 aliphatic heterocycles. The number of rotatable bonds is 1. The summed E-state index contributed by atoms with van der Waals surface area (Å²) in [5.74, 6) is -1.33. The first-order chi connectivity index (χ1) is 7.59. The number of benzene rings is 1. The van der Waals surface area contributed by atoms with Gasteiger partial charge in [-0.3, -0.25) is 0 Å². The van der Waals surface area contributed by atoms with Crippen molar-refractivity contribution in [2.75, 3.05) is 0 Å². The lowest BCUT2D eigenvalue weighted by molar-refractivity contribution is 0.0702. The Balaban J connectivity index is 0.000000606. The maximum atomic E-state index is 13.5. The molecule has 16 heavy (non-hydrogen) atoms. The van der Waals surface area contributed by atoms with Crippen molar-refractivity contribution in [1.29, 1.82) is 0 Å². The Hall–Kier alpha value is -1.42. The zero-order valence-electron chi connectivity index (χ0n) is 9.37. The Labute approximate surface area is 97.3 Å². The highest BCUT2D eigenvalue weighted by Crippen LogP contribution is 2.29. The molecule has 0 radical (unpaired) electrons. The lowest BCUT2D eigenvalue weighted by Gasteiger charge is -1.95. The molecular weight excluding hydrogens is 227 g/mol. The van der Waals surface area contributed by atoms with Gasteiger partial charge in [-0.25, -0.2) is 9.18 Å². The Morgan fingerprint density at radius 3 is 2.56 bits per heavy atom. The molecular formula is C12H13FO2S. The SMILES string of the molecule is CC.Cc1ccc2cc(C(=O)O)sc2c1F. The quantitative estimate of drug-likeness (QED) is 0.815. The van der Waals surface area contributed by atoms with Gasteiger partial charge in [-0.15, -0.1) is 11.3 Å². The molecule has 0 fully saturated rings. The molecule has 0 unspecified atom stereocenters. The number of thiophene rings is 1. The largest absolute Gasteiger partial charge is 0.477 e. The van der Waals surface area contributed by atoms with Crippen molar-refractivity contribution in [1.82, 2.24) is 0 Å². The molecule has 0 saturated carbocycles. The van der Waals surface area contributed by atoms with Crippen LogP contribution in [0.5, 0.6) is 0 Å². The number of carbonyl (C=O) groups is 1. The molecule has 0 spiro atoms. The minimum Gasteiger partial charge on any atom is -0.477 e. The number of aryl methyl sites for hydroxylation is 1. The van der Waals surface area contributed by atoms with E-state index in [4.69, 9.17) is 5.11 Å². The molecule has 0 bridgehead atoms. The number of hydrogen-bond donors (Lipinski definition) is 1. The second-order valence-corrected chi connectivity index (χ2v) is 4.08. The Bertz CT molecular complexity index is 517. The van der Waals surface area contributed by atoms with Gasteiger partial charge in [-0.2, -0.15) is 0 Å². The van der Waals surface area contributed by atoms with Gasteiger partial charge in [0.05, 0.1) is 4.70 Å². The van der Waals surface area contributed by atoms with Gasteiger partial charge in [-0.05, 0) is 23.9 Å². The number of aromatic carboxylic acids is 1. The highest BCUT2D eigenvalue weighted by atomic mass is 32.1. The van der Waals surface area contributed by atoms with Crippen LogP contribution in [-0.4, -0.2) is 11.1 Å². The highest BCUT2D eigenvalue weighted by molar-refractivity contribution is 7.20. The first-order valence-electron chi connectivity index (χ1n) is 5.01. The average molecular weight is 240 g/mol. The Morgan fingerprint density at radius 2 is 2.00 bits per heavy atom. The van der Waals surface area contributed by atoms with Gasteiger partial charge < -0.3 is 5.11 Å². The lowest BCUT2D eigenvalue weighted by Crippen LogP contribution is -1.89. The molecule has 1 N–H and O–H groups in total. The number of halogens is 1. The van der Waals surface area contributed by atoms with Gasteiger partial charge in [0.2, 0.25) is 0 Å². The first kappa shape index (κ1) is 12.6. The molecule has 4 heteroatoms. The normalized spacial score (nSPS) is 9.75. The summed E-state index contributed by atoms with van der Waals surface area (Å²) in [4.78, 5) is 10.8. The minimum absolute atomic E-state index is 0.171. The molecule has 1 heterocycles. The molecule has 2 rings (SSSR count). The lowest BCUT2D eigenvalue weighted by atomic mass is 10.2. The third-order valence-electron chi connectivity index (χ3n) is 2.03. The summed E-state index contributed by atoms with van der Waals surface area (Å²) in [6.45, 7) is 5.66. The fourth-order valence-corrected chi connectivity index (χ4v) is 2.26. The van der Waals surface area contributed by atoms with Crippen LogP contribution in [0.2, 0.25) is 0 Å². The van der Waals surface area contributed by atoms with Crippen LogP contribution >= 0.6 is 11.3 Å². The zero-order valence-corrected chi connectivity index (χ0v) is 10.2. The van der Waals surface area contributed by atoms with E-state index < -0.39 is 5.97 Å². The number of carboxylic acid groups (broad SMARTS) is 1. The van der Waals surface area contributed by atoms with Crippen molar-refractivity contribution < 1.29 is 14.3 Å². The smallest absolute Gasteiger partial charge is 0.345 e. The van der Waals surface area contributed by atoms with Crippen molar-refractivity contribution in [2.24, 2.45) is 0 Å². The standard InChI is InChI=1S/C10H7FO2S.C2H6/c1-5-2-3-6-4-7(10(12)13)14-9(6)8(5)11;1-2/h2-4H,1H3,(H,12,13);1-2H3. The Morgan fingerprint density at radius 1 is 1.38 bits per heavy atom. The minimum atomic E-state index is -1.01. The van der Waals surface area contributed by atoms with E-state index in [0.29, 0.717) is 15.6 Å². The molecule has 2 aromatic rings. The Kier molecular flexibility index (Phi) is 4.01. The molecule has 0 saturated heterocycles. The van der Waals surface area contributed by atoms with Crippen LogP contribution in [0.3, 0.4) is 0 Å². The maximum absolute atomic E-state index is 13.5. The molecule has 0 atom stereocenters. The van der Waals surface area contributed by atoms with E-state index in [1.54, 1.807) is 19.1 Å². The van der Waals surface area contributed by atoms with Crippen LogP contribution in [-0.2, 0) is 0 Å². The molecule has 86 valence electrons. The van der Waals surface area contributed by atoms with E-state index in [9.17, 15) is 9.18 Å². The maximum Gasteiger partial charge on any atom is 0.345 e. The van der Waals surface area contributed by atoms with Gasteiger partial charge in [0.1, 0.15) is 10.7 Å². The molecule has 0 aliphatic rings. The van der Waals surface area contributed by atoms with E-state index in [0.717, 1.165) is 11.3 Å². The summed E-state index contributed by atoms with van der Waals surface area (Å²) in [5, 5.41) is 9.38. The fraction of sp³-hybridized carbons (Fsp3) is 0.250. The monoisotopic (exact) mass is 240 g/mol. The molecule has 2 nitrogen and oxygen atoms in total. The predicted octanol–water partition coefficient (Wildman–Crippen LogP) is 4.07. The molecule has 1 aromatic carbocycles. The van der Waals surface area contributed by atoms with Crippen LogP contribution in [0, 0.1) is 12.7 Å². The number of hydrogen-bond acceptors (Lipinski definition) is 2. The van der Waals surface area contributed by atoms with Crippen LogP contribution in [0.25, 0.3) is 10.1 Å². The molecule has 1 aromatic heterocycles. The van der Waals surface area contributed by atoms with E-state index in [2.05, 4.69) is 0 Å². The number of carboxylic acids is 1. The van der Waals surface area contributed by atoms with Gasteiger partial charge in [0, 0.05) is 0 Å². The van der Waals surface area contributed by atoms with E-state index in [1.807, 2.05) is 13.8 Å². The van der Waals surface area contributed by atoms with Crippen molar-refractivity contribution in [3.63, 3.8) is 0 Å². The highest BCUT2D eigenvalue weighted by Gasteiger charge is 2.12. The van der Waals surface area contributed by atoms with Crippen molar-refractivity contribution in [3.05, 3.63) is 34.5 Å². The predicted molar refractivity (Wildman–Crippen MR) is 64.8 cm³/mol. The summed E-state index contributed by atoms with van der Waals surface area (Å²) < 4.78 is 13.9. The van der Waals surface area contributed by atoms with Crippen LogP contribution in [0.15, 0.2) is 18.2 Å². The van der Waals surface area contributed by atoms with Crippen molar-refractivity contribution in [3.8, 4) is 0 Å². The van der Waals surface area contributed by atoms with E-state index in [-0.39, 0.29) is 10.7 Å².